The van der Waals surface area contributed by atoms with Crippen molar-refractivity contribution in [2.75, 3.05) is 0 Å². The van der Waals surface area contributed by atoms with E-state index in [1.807, 2.05) is 30.3 Å². The van der Waals surface area contributed by atoms with E-state index in [1.54, 1.807) is 0 Å². The Hall–Kier alpha value is -2.00. The predicted molar refractivity (Wildman–Crippen MR) is 88.3 cm³/mol. The zero-order chi connectivity index (χ0) is 15.1. The molecule has 112 valence electrons. The molecule has 0 fully saturated rings. The van der Waals surface area contributed by atoms with Crippen molar-refractivity contribution in [1.82, 2.24) is 5.01 Å². The Kier molecular flexibility index (Phi) is 3.30. The molecule has 4 heteroatoms. The molecule has 2 aliphatic rings. The van der Waals surface area contributed by atoms with Crippen LogP contribution < -0.4 is 4.74 Å². The zero-order valence-corrected chi connectivity index (χ0v) is 13.1. The fourth-order valence-corrected chi connectivity index (χ4v) is 3.32. The van der Waals surface area contributed by atoms with Crippen molar-refractivity contribution < 1.29 is 4.74 Å². The van der Waals surface area contributed by atoms with Crippen molar-refractivity contribution in [3.8, 4) is 5.75 Å². The third kappa shape index (κ3) is 2.17. The maximum atomic E-state index is 6.10. The number of benzene rings is 2. The van der Waals surface area contributed by atoms with Gasteiger partial charge in [-0.3, -0.25) is 5.01 Å². The van der Waals surface area contributed by atoms with Gasteiger partial charge in [0, 0.05) is 23.4 Å². The quantitative estimate of drug-likeness (QED) is 0.808. The van der Waals surface area contributed by atoms with Crippen LogP contribution in [-0.4, -0.2) is 16.9 Å². The number of fused-ring (bicyclic) bond motifs is 3. The maximum absolute atomic E-state index is 6.10. The first-order chi connectivity index (χ1) is 10.8. The number of hydrazone groups is 1. The van der Waals surface area contributed by atoms with Gasteiger partial charge in [0.25, 0.3) is 0 Å². The fourth-order valence-electron chi connectivity index (χ4n) is 3.20. The molecule has 0 radical (unpaired) electrons. The molecule has 0 aliphatic carbocycles. The second-order valence-electron chi connectivity index (χ2n) is 5.67. The molecule has 0 spiro atoms. The van der Waals surface area contributed by atoms with Crippen molar-refractivity contribution in [2.45, 2.75) is 32.0 Å². The van der Waals surface area contributed by atoms with Crippen molar-refractivity contribution in [3.63, 3.8) is 0 Å². The average Bonchev–Trinajstić information content (AvgIpc) is 3.00. The van der Waals surface area contributed by atoms with Crippen LogP contribution in [0.5, 0.6) is 5.75 Å². The lowest BCUT2D eigenvalue weighted by molar-refractivity contribution is -0.0188. The summed E-state index contributed by atoms with van der Waals surface area (Å²) in [4.78, 5) is 0. The Labute approximate surface area is 135 Å². The van der Waals surface area contributed by atoms with Crippen LogP contribution in [0, 0.1) is 0 Å². The van der Waals surface area contributed by atoms with E-state index in [4.69, 9.17) is 21.4 Å². The SMILES string of the molecule is CC[C@@H]1Oc2ccccc2[C@@H]2CC(c3ccc(Cl)cc3)=NN12. The normalized spacial score (nSPS) is 22.6. The number of ether oxygens (including phenoxy) is 1. The van der Waals surface area contributed by atoms with Gasteiger partial charge in [0.05, 0.1) is 11.8 Å². The number of hydrogen-bond donors (Lipinski definition) is 0. The largest absolute Gasteiger partial charge is 0.469 e. The monoisotopic (exact) mass is 312 g/mol. The molecule has 4 rings (SSSR count). The topological polar surface area (TPSA) is 24.8 Å². The van der Waals surface area contributed by atoms with Gasteiger partial charge in [-0.15, -0.1) is 0 Å². The lowest BCUT2D eigenvalue weighted by Gasteiger charge is -2.37. The molecule has 2 atom stereocenters. The molecule has 0 unspecified atom stereocenters. The molecule has 0 aromatic heterocycles. The highest BCUT2D eigenvalue weighted by molar-refractivity contribution is 6.30. The van der Waals surface area contributed by atoms with E-state index in [0.29, 0.717) is 0 Å². The highest BCUT2D eigenvalue weighted by Crippen LogP contribution is 2.43. The summed E-state index contributed by atoms with van der Waals surface area (Å²) in [6.07, 6.45) is 1.81. The van der Waals surface area contributed by atoms with Gasteiger partial charge in [-0.25, -0.2) is 0 Å². The van der Waals surface area contributed by atoms with Gasteiger partial charge in [-0.05, 0) is 23.8 Å². The van der Waals surface area contributed by atoms with Gasteiger partial charge >= 0.3 is 0 Å². The average molecular weight is 313 g/mol. The maximum Gasteiger partial charge on any atom is 0.187 e. The lowest BCUT2D eigenvalue weighted by Crippen LogP contribution is -2.39. The zero-order valence-electron chi connectivity index (χ0n) is 12.4. The van der Waals surface area contributed by atoms with Crippen molar-refractivity contribution in [1.29, 1.82) is 0 Å². The van der Waals surface area contributed by atoms with E-state index >= 15 is 0 Å². The van der Waals surface area contributed by atoms with Crippen LogP contribution in [0.3, 0.4) is 0 Å². The molecular formula is C18H17ClN2O. The number of nitrogens with zero attached hydrogens (tertiary/aromatic N) is 2. The Morgan fingerprint density at radius 3 is 2.73 bits per heavy atom. The minimum Gasteiger partial charge on any atom is -0.469 e. The molecule has 2 aromatic rings. The molecule has 0 saturated carbocycles. The van der Waals surface area contributed by atoms with Gasteiger partial charge in [-0.1, -0.05) is 48.9 Å². The summed E-state index contributed by atoms with van der Waals surface area (Å²) in [5.41, 5.74) is 3.45. The summed E-state index contributed by atoms with van der Waals surface area (Å²) < 4.78 is 6.10. The van der Waals surface area contributed by atoms with E-state index in [-0.39, 0.29) is 12.3 Å². The van der Waals surface area contributed by atoms with Crippen molar-refractivity contribution in [2.24, 2.45) is 5.10 Å². The minimum absolute atomic E-state index is 0.00435. The summed E-state index contributed by atoms with van der Waals surface area (Å²) in [6, 6.07) is 16.4. The van der Waals surface area contributed by atoms with Gasteiger partial charge in [-0.2, -0.15) is 5.10 Å². The van der Waals surface area contributed by atoms with E-state index in [2.05, 4.69) is 30.1 Å². The Bertz CT molecular complexity index is 726. The molecule has 2 heterocycles. The van der Waals surface area contributed by atoms with Crippen LogP contribution in [0.15, 0.2) is 53.6 Å². The third-order valence-corrected chi connectivity index (χ3v) is 4.56. The first-order valence-electron chi connectivity index (χ1n) is 7.63. The van der Waals surface area contributed by atoms with E-state index in [9.17, 15) is 0 Å². The molecular weight excluding hydrogens is 296 g/mol. The summed E-state index contributed by atoms with van der Waals surface area (Å²) in [6.45, 7) is 2.13. The van der Waals surface area contributed by atoms with Gasteiger partial charge in [0.2, 0.25) is 0 Å². The first kappa shape index (κ1) is 13.6. The molecule has 2 aliphatic heterocycles. The molecule has 0 bridgehead atoms. The molecule has 3 nitrogen and oxygen atoms in total. The van der Waals surface area contributed by atoms with Crippen LogP contribution in [0.25, 0.3) is 0 Å². The van der Waals surface area contributed by atoms with Crippen LogP contribution in [0.1, 0.15) is 36.9 Å². The molecule has 0 amide bonds. The Morgan fingerprint density at radius 2 is 1.95 bits per heavy atom. The number of halogens is 1. The van der Waals surface area contributed by atoms with Crippen LogP contribution in [0.2, 0.25) is 5.02 Å². The van der Waals surface area contributed by atoms with E-state index < -0.39 is 0 Å². The second-order valence-corrected chi connectivity index (χ2v) is 6.11. The minimum atomic E-state index is 0.00435. The second kappa shape index (κ2) is 5.33. The van der Waals surface area contributed by atoms with Crippen LogP contribution >= 0.6 is 11.6 Å². The van der Waals surface area contributed by atoms with Crippen molar-refractivity contribution >= 4 is 17.3 Å². The van der Waals surface area contributed by atoms with Gasteiger partial charge in [0.1, 0.15) is 5.75 Å². The predicted octanol–water partition coefficient (Wildman–Crippen LogP) is 4.62. The number of hydrogen-bond acceptors (Lipinski definition) is 3. The van der Waals surface area contributed by atoms with Crippen LogP contribution in [0.4, 0.5) is 0 Å². The van der Waals surface area contributed by atoms with Gasteiger partial charge in [0.15, 0.2) is 6.23 Å². The van der Waals surface area contributed by atoms with Gasteiger partial charge < -0.3 is 4.74 Å². The molecule has 22 heavy (non-hydrogen) atoms. The smallest absolute Gasteiger partial charge is 0.187 e. The lowest BCUT2D eigenvalue weighted by atomic mass is 9.96. The summed E-state index contributed by atoms with van der Waals surface area (Å²) in [5.74, 6) is 0.989. The third-order valence-electron chi connectivity index (χ3n) is 4.30. The first-order valence-corrected chi connectivity index (χ1v) is 8.01. The summed E-state index contributed by atoms with van der Waals surface area (Å²) in [7, 11) is 0. The summed E-state index contributed by atoms with van der Waals surface area (Å²) in [5, 5.41) is 7.71. The number of rotatable bonds is 2. The fraction of sp³-hybridized carbons (Fsp3) is 0.278. The summed E-state index contributed by atoms with van der Waals surface area (Å²) >= 11 is 5.98. The molecule has 0 N–H and O–H groups in total. The highest BCUT2D eigenvalue weighted by atomic mass is 35.5. The Morgan fingerprint density at radius 1 is 1.18 bits per heavy atom. The number of para-hydroxylation sites is 1. The van der Waals surface area contributed by atoms with Crippen molar-refractivity contribution in [3.05, 3.63) is 64.7 Å². The standard InChI is InChI=1S/C18H17ClN2O/c1-2-18-21-16(14-5-3-4-6-17(14)22-18)11-15(20-21)12-7-9-13(19)10-8-12/h3-10,16,18H,2,11H2,1H3/t16-,18-/m0/s1. The molecule has 0 saturated heterocycles. The molecule has 2 aromatic carbocycles. The van der Waals surface area contributed by atoms with E-state index in [0.717, 1.165) is 34.9 Å². The van der Waals surface area contributed by atoms with E-state index in [1.165, 1.54) is 5.56 Å². The Balaban J connectivity index is 1.72. The highest BCUT2D eigenvalue weighted by Gasteiger charge is 2.39. The van der Waals surface area contributed by atoms with Crippen LogP contribution in [-0.2, 0) is 0 Å².